The van der Waals surface area contributed by atoms with E-state index in [-0.39, 0.29) is 23.7 Å². The predicted octanol–water partition coefficient (Wildman–Crippen LogP) is -0.0658. The van der Waals surface area contributed by atoms with E-state index in [2.05, 4.69) is 5.32 Å². The van der Waals surface area contributed by atoms with Crippen molar-refractivity contribution in [1.82, 2.24) is 0 Å². The molecule has 0 aliphatic carbocycles. The summed E-state index contributed by atoms with van der Waals surface area (Å²) in [5.41, 5.74) is 4.67. The van der Waals surface area contributed by atoms with Crippen LogP contribution >= 0.6 is 0 Å². The molecule has 0 amide bonds. The van der Waals surface area contributed by atoms with Gasteiger partial charge in [-0.15, -0.1) is 0 Å². The number of nitrogens with two attached hydrogens (primary N) is 1. The molecule has 0 saturated carbocycles. The Balaban J connectivity index is 3.09. The molecule has 0 spiro atoms. The Morgan fingerprint density at radius 2 is 1.84 bits per heavy atom. The van der Waals surface area contributed by atoms with Crippen LogP contribution in [-0.2, 0) is 0 Å². The molecule has 19 heavy (non-hydrogen) atoms. The van der Waals surface area contributed by atoms with Gasteiger partial charge in [-0.3, -0.25) is 0 Å². The van der Waals surface area contributed by atoms with Crippen molar-refractivity contribution in [2.24, 2.45) is 0 Å². The Kier molecular flexibility index (Phi) is 5.34. The van der Waals surface area contributed by atoms with Gasteiger partial charge in [0.25, 0.3) is 0 Å². The maximum Gasteiger partial charge on any atom is 0.167 e. The zero-order chi connectivity index (χ0) is 14.5. The normalized spacial score (nSPS) is 11.4. The van der Waals surface area contributed by atoms with Gasteiger partial charge in [-0.1, -0.05) is 0 Å². The third-order valence-corrected chi connectivity index (χ3v) is 2.71. The van der Waals surface area contributed by atoms with E-state index in [1.165, 1.54) is 6.07 Å². The lowest BCUT2D eigenvalue weighted by molar-refractivity contribution is 0.0834. The molecule has 1 aromatic rings. The highest BCUT2D eigenvalue weighted by atomic mass is 19.1. The molecule has 0 aliphatic heterocycles. The summed E-state index contributed by atoms with van der Waals surface area (Å²) in [4.78, 5) is 0. The lowest BCUT2D eigenvalue weighted by Gasteiger charge is -2.30. The van der Waals surface area contributed by atoms with Gasteiger partial charge in [-0.25, -0.2) is 4.39 Å². The van der Waals surface area contributed by atoms with E-state index < -0.39 is 31.2 Å². The van der Waals surface area contributed by atoms with Crippen molar-refractivity contribution >= 4 is 11.4 Å². The minimum Gasteiger partial charge on any atom is -0.491 e. The number of halogens is 1. The summed E-state index contributed by atoms with van der Waals surface area (Å²) >= 11 is 0. The fraction of sp³-hybridized carbons (Fsp3) is 0.500. The molecule has 6 nitrogen and oxygen atoms in total. The molecule has 0 saturated heterocycles. The van der Waals surface area contributed by atoms with E-state index in [1.54, 1.807) is 6.92 Å². The summed E-state index contributed by atoms with van der Waals surface area (Å²) in [6.07, 6.45) is 0. The number of aliphatic hydroxyl groups excluding tert-OH is 3. The molecule has 1 rings (SSSR count). The first-order valence-corrected chi connectivity index (χ1v) is 5.84. The van der Waals surface area contributed by atoms with Gasteiger partial charge in [0, 0.05) is 12.1 Å². The summed E-state index contributed by atoms with van der Waals surface area (Å²) in [6.45, 7) is 0.455. The third kappa shape index (κ3) is 3.46. The standard InChI is InChI=1S/C12H19FN2O4/c1-2-19-11-4-10(9(14)3-8(11)13)15-12(5-16,6-17)7-18/h3-4,15-18H,2,5-7,14H2,1H3. The maximum atomic E-state index is 13.5. The number of nitrogen functional groups attached to an aromatic ring is 1. The Morgan fingerprint density at radius 3 is 2.32 bits per heavy atom. The number of hydrogen-bond acceptors (Lipinski definition) is 6. The Morgan fingerprint density at radius 1 is 1.26 bits per heavy atom. The molecule has 0 radical (unpaired) electrons. The Labute approximate surface area is 110 Å². The summed E-state index contributed by atoms with van der Waals surface area (Å²) in [5.74, 6) is -0.602. The number of aliphatic hydroxyl groups is 3. The molecule has 108 valence electrons. The Hall–Kier alpha value is -1.57. The highest BCUT2D eigenvalue weighted by molar-refractivity contribution is 5.69. The van der Waals surface area contributed by atoms with Crippen molar-refractivity contribution in [3.63, 3.8) is 0 Å². The topological polar surface area (TPSA) is 108 Å². The average Bonchev–Trinajstić information content (AvgIpc) is 2.41. The lowest BCUT2D eigenvalue weighted by atomic mass is 10.0. The van der Waals surface area contributed by atoms with Crippen molar-refractivity contribution in [3.8, 4) is 5.75 Å². The monoisotopic (exact) mass is 274 g/mol. The SMILES string of the molecule is CCOc1cc(NC(CO)(CO)CO)c(N)cc1F. The van der Waals surface area contributed by atoms with Gasteiger partial charge in [-0.05, 0) is 6.92 Å². The van der Waals surface area contributed by atoms with Crippen LogP contribution in [0.2, 0.25) is 0 Å². The largest absolute Gasteiger partial charge is 0.491 e. The number of ether oxygens (including phenoxy) is 1. The van der Waals surface area contributed by atoms with Crippen LogP contribution in [0.25, 0.3) is 0 Å². The zero-order valence-corrected chi connectivity index (χ0v) is 10.7. The van der Waals surface area contributed by atoms with Crippen LogP contribution < -0.4 is 15.8 Å². The minimum atomic E-state index is -1.34. The number of nitrogens with one attached hydrogen (secondary N) is 1. The second-order valence-corrected chi connectivity index (χ2v) is 4.18. The molecule has 6 N–H and O–H groups in total. The molecule has 1 aromatic carbocycles. The zero-order valence-electron chi connectivity index (χ0n) is 10.7. The highest BCUT2D eigenvalue weighted by Gasteiger charge is 2.28. The highest BCUT2D eigenvalue weighted by Crippen LogP contribution is 2.30. The van der Waals surface area contributed by atoms with Gasteiger partial charge in [0.1, 0.15) is 5.54 Å². The van der Waals surface area contributed by atoms with Crippen molar-refractivity contribution in [2.75, 3.05) is 37.5 Å². The maximum absolute atomic E-state index is 13.5. The van der Waals surface area contributed by atoms with Crippen LogP contribution in [-0.4, -0.2) is 47.3 Å². The minimum absolute atomic E-state index is 0.00178. The van der Waals surface area contributed by atoms with Gasteiger partial charge >= 0.3 is 0 Å². The summed E-state index contributed by atoms with van der Waals surface area (Å²) in [6, 6.07) is 2.40. The van der Waals surface area contributed by atoms with Gasteiger partial charge in [0.15, 0.2) is 11.6 Å². The summed E-state index contributed by atoms with van der Waals surface area (Å²) < 4.78 is 18.6. The molecule has 7 heteroatoms. The van der Waals surface area contributed by atoms with Crippen LogP contribution in [0.1, 0.15) is 6.92 Å². The van der Waals surface area contributed by atoms with E-state index in [9.17, 15) is 19.7 Å². The van der Waals surface area contributed by atoms with Crippen LogP contribution in [0.3, 0.4) is 0 Å². The number of hydrogen-bond donors (Lipinski definition) is 5. The average molecular weight is 274 g/mol. The lowest BCUT2D eigenvalue weighted by Crippen LogP contribution is -2.49. The quantitative estimate of drug-likeness (QED) is 0.446. The molecule has 0 fully saturated rings. The molecule has 0 aliphatic rings. The van der Waals surface area contributed by atoms with E-state index in [0.29, 0.717) is 0 Å². The first kappa shape index (κ1) is 15.5. The van der Waals surface area contributed by atoms with Crippen molar-refractivity contribution in [3.05, 3.63) is 17.9 Å². The van der Waals surface area contributed by atoms with Crippen LogP contribution in [0.15, 0.2) is 12.1 Å². The molecular weight excluding hydrogens is 255 g/mol. The van der Waals surface area contributed by atoms with E-state index in [0.717, 1.165) is 6.07 Å². The van der Waals surface area contributed by atoms with Gasteiger partial charge in [0.2, 0.25) is 0 Å². The Bertz CT molecular complexity index is 416. The van der Waals surface area contributed by atoms with Gasteiger partial charge in [-0.2, -0.15) is 0 Å². The molecule has 0 unspecified atom stereocenters. The van der Waals surface area contributed by atoms with E-state index in [1.807, 2.05) is 0 Å². The van der Waals surface area contributed by atoms with E-state index >= 15 is 0 Å². The second kappa shape index (κ2) is 6.55. The van der Waals surface area contributed by atoms with Crippen LogP contribution in [0.4, 0.5) is 15.8 Å². The molecular formula is C12H19FN2O4. The fourth-order valence-electron chi connectivity index (χ4n) is 1.50. The smallest absolute Gasteiger partial charge is 0.167 e. The third-order valence-electron chi connectivity index (χ3n) is 2.71. The number of rotatable bonds is 7. The first-order chi connectivity index (χ1) is 9.01. The van der Waals surface area contributed by atoms with Crippen molar-refractivity contribution in [1.29, 1.82) is 0 Å². The molecule has 0 atom stereocenters. The summed E-state index contributed by atoms with van der Waals surface area (Å²) in [5, 5.41) is 30.4. The van der Waals surface area contributed by atoms with Gasteiger partial charge < -0.3 is 31.1 Å². The van der Waals surface area contributed by atoms with E-state index in [4.69, 9.17) is 10.5 Å². The predicted molar refractivity (Wildman–Crippen MR) is 69.6 cm³/mol. The molecule has 0 heterocycles. The van der Waals surface area contributed by atoms with Gasteiger partial charge in [0.05, 0.1) is 37.8 Å². The number of anilines is 2. The van der Waals surface area contributed by atoms with Crippen molar-refractivity contribution < 1.29 is 24.4 Å². The summed E-state index contributed by atoms with van der Waals surface area (Å²) in [7, 11) is 0. The van der Waals surface area contributed by atoms with Crippen molar-refractivity contribution in [2.45, 2.75) is 12.5 Å². The molecule has 0 bridgehead atoms. The first-order valence-electron chi connectivity index (χ1n) is 5.84. The van der Waals surface area contributed by atoms with Crippen LogP contribution in [0.5, 0.6) is 5.75 Å². The fourth-order valence-corrected chi connectivity index (χ4v) is 1.50. The molecule has 0 aromatic heterocycles. The number of benzene rings is 1. The van der Waals surface area contributed by atoms with Crippen LogP contribution in [0, 0.1) is 5.82 Å². The second-order valence-electron chi connectivity index (χ2n) is 4.18.